The summed E-state index contributed by atoms with van der Waals surface area (Å²) in [6.45, 7) is 0. The van der Waals surface area contributed by atoms with Crippen LogP contribution in [0.5, 0.6) is 0 Å². The van der Waals surface area contributed by atoms with Crippen LogP contribution in [-0.2, 0) is 0 Å². The number of benzene rings is 1. The summed E-state index contributed by atoms with van der Waals surface area (Å²) in [6.07, 6.45) is 0.125. The highest BCUT2D eigenvalue weighted by atomic mass is 35.5. The fourth-order valence-corrected chi connectivity index (χ4v) is 1.05. The first-order valence-electron chi connectivity index (χ1n) is 3.44. The number of hydrogen-bond acceptors (Lipinski definition) is 2. The first kappa shape index (κ1) is 8.76. The maximum atomic E-state index is 8.34. The van der Waals surface area contributed by atoms with E-state index in [1.807, 2.05) is 6.07 Å². The lowest BCUT2D eigenvalue weighted by atomic mass is 10.1. The Kier molecular flexibility index (Phi) is 2.84. The predicted molar refractivity (Wildman–Crippen MR) is 48.5 cm³/mol. The van der Waals surface area contributed by atoms with Crippen molar-refractivity contribution in [1.82, 2.24) is 0 Å². The van der Waals surface area contributed by atoms with Gasteiger partial charge in [-0.25, -0.2) is 0 Å². The molecule has 0 atom stereocenters. The number of halogens is 1. The molecule has 0 radical (unpaired) electrons. The molecule has 0 saturated heterocycles. The molecule has 12 heavy (non-hydrogen) atoms. The Labute approximate surface area is 75.9 Å². The van der Waals surface area contributed by atoms with Gasteiger partial charge in [-0.15, -0.1) is 0 Å². The Morgan fingerprint density at radius 1 is 1.58 bits per heavy atom. The van der Waals surface area contributed by atoms with Gasteiger partial charge in [-0.3, -0.25) is 0 Å². The summed E-state index contributed by atoms with van der Waals surface area (Å²) in [6, 6.07) is 8.88. The van der Waals surface area contributed by atoms with Gasteiger partial charge in [-0.05, 0) is 17.7 Å². The van der Waals surface area contributed by atoms with Gasteiger partial charge in [0, 0.05) is 5.02 Å². The lowest BCUT2D eigenvalue weighted by molar-refractivity contribution is 1.34. The van der Waals surface area contributed by atoms with Crippen LogP contribution < -0.4 is 0 Å². The average Bonchev–Trinajstić information content (AvgIpc) is 2.05. The Balaban J connectivity index is 2.90. The highest BCUT2D eigenvalue weighted by Crippen LogP contribution is 2.11. The average molecular weight is 179 g/mol. The molecule has 0 saturated carbocycles. The van der Waals surface area contributed by atoms with Gasteiger partial charge in [0.25, 0.3) is 0 Å². The van der Waals surface area contributed by atoms with Gasteiger partial charge in [0.2, 0.25) is 0 Å². The van der Waals surface area contributed by atoms with Gasteiger partial charge in [0.05, 0.1) is 18.2 Å². The summed E-state index contributed by atoms with van der Waals surface area (Å²) in [4.78, 5) is 0. The van der Waals surface area contributed by atoms with Gasteiger partial charge in [0.15, 0.2) is 0 Å². The van der Waals surface area contributed by atoms with E-state index in [0.29, 0.717) is 16.3 Å². The first-order valence-corrected chi connectivity index (χ1v) is 3.82. The van der Waals surface area contributed by atoms with E-state index in [1.165, 1.54) is 0 Å². The molecule has 1 N–H and O–H groups in total. The smallest absolute Gasteiger partial charge is 0.0773 e. The summed E-state index contributed by atoms with van der Waals surface area (Å²) in [5, 5.41) is 16.4. The lowest BCUT2D eigenvalue weighted by Gasteiger charge is -1.98. The van der Waals surface area contributed by atoms with Crippen LogP contribution >= 0.6 is 11.6 Å². The molecule has 0 aliphatic rings. The number of rotatable bonds is 2. The van der Waals surface area contributed by atoms with Crippen molar-refractivity contribution in [3.05, 3.63) is 34.9 Å². The van der Waals surface area contributed by atoms with Gasteiger partial charge < -0.3 is 5.41 Å². The molecule has 0 aliphatic heterocycles. The maximum Gasteiger partial charge on any atom is 0.0773 e. The second kappa shape index (κ2) is 3.89. The van der Waals surface area contributed by atoms with Crippen molar-refractivity contribution in [3.63, 3.8) is 0 Å². The van der Waals surface area contributed by atoms with Crippen LogP contribution in [0.15, 0.2) is 24.3 Å². The highest BCUT2D eigenvalue weighted by molar-refractivity contribution is 6.31. The molecule has 0 spiro atoms. The van der Waals surface area contributed by atoms with Gasteiger partial charge in [-0.2, -0.15) is 5.26 Å². The Bertz CT molecular complexity index is 339. The number of nitrogens with one attached hydrogen (secondary N) is 1. The molecule has 3 heteroatoms. The van der Waals surface area contributed by atoms with Crippen molar-refractivity contribution in [2.45, 2.75) is 6.42 Å². The topological polar surface area (TPSA) is 47.6 Å². The van der Waals surface area contributed by atoms with Crippen molar-refractivity contribution >= 4 is 17.3 Å². The minimum absolute atomic E-state index is 0.125. The van der Waals surface area contributed by atoms with E-state index in [9.17, 15) is 0 Å². The maximum absolute atomic E-state index is 8.34. The molecule has 1 aromatic rings. The summed E-state index contributed by atoms with van der Waals surface area (Å²) in [5.41, 5.74) is 1.02. The van der Waals surface area contributed by atoms with E-state index >= 15 is 0 Å². The SMILES string of the molecule is N#CCC(=N)c1cccc(Cl)c1. The third-order valence-corrected chi connectivity index (χ3v) is 1.66. The van der Waals surface area contributed by atoms with Crippen LogP contribution in [0.1, 0.15) is 12.0 Å². The van der Waals surface area contributed by atoms with Gasteiger partial charge in [-0.1, -0.05) is 23.7 Å². The van der Waals surface area contributed by atoms with Crippen LogP contribution in [0.3, 0.4) is 0 Å². The van der Waals surface area contributed by atoms with Crippen molar-refractivity contribution in [1.29, 1.82) is 10.7 Å². The summed E-state index contributed by atoms with van der Waals surface area (Å²) >= 11 is 5.71. The molecule has 1 aromatic carbocycles. The predicted octanol–water partition coefficient (Wildman–Crippen LogP) is 2.62. The van der Waals surface area contributed by atoms with Gasteiger partial charge >= 0.3 is 0 Å². The number of nitriles is 1. The normalized spacial score (nSPS) is 9.00. The number of hydrogen-bond donors (Lipinski definition) is 1. The zero-order valence-corrected chi connectivity index (χ0v) is 7.10. The molecule has 0 fully saturated rings. The summed E-state index contributed by atoms with van der Waals surface area (Å²) in [7, 11) is 0. The van der Waals surface area contributed by atoms with Crippen LogP contribution in [0.25, 0.3) is 0 Å². The van der Waals surface area contributed by atoms with Crippen molar-refractivity contribution in [2.24, 2.45) is 0 Å². The quantitative estimate of drug-likeness (QED) is 0.696. The zero-order valence-electron chi connectivity index (χ0n) is 6.34. The van der Waals surface area contributed by atoms with Gasteiger partial charge in [0.1, 0.15) is 0 Å². The monoisotopic (exact) mass is 178 g/mol. The van der Waals surface area contributed by atoms with Crippen molar-refractivity contribution < 1.29 is 0 Å². The lowest BCUT2D eigenvalue weighted by Crippen LogP contribution is -1.96. The molecule has 0 heterocycles. The van der Waals surface area contributed by atoms with Crippen LogP contribution in [0.4, 0.5) is 0 Å². The van der Waals surface area contributed by atoms with Crippen molar-refractivity contribution in [2.75, 3.05) is 0 Å². The molecule has 0 bridgehead atoms. The molecule has 60 valence electrons. The second-order valence-electron chi connectivity index (χ2n) is 2.32. The second-order valence-corrected chi connectivity index (χ2v) is 2.76. The molecule has 2 nitrogen and oxygen atoms in total. The highest BCUT2D eigenvalue weighted by Gasteiger charge is 1.99. The molecular weight excluding hydrogens is 172 g/mol. The van der Waals surface area contributed by atoms with Crippen LogP contribution in [0.2, 0.25) is 5.02 Å². The number of nitrogens with zero attached hydrogens (tertiary/aromatic N) is 1. The van der Waals surface area contributed by atoms with Crippen LogP contribution in [0, 0.1) is 16.7 Å². The molecule has 0 amide bonds. The van der Waals surface area contributed by atoms with E-state index in [0.717, 1.165) is 0 Å². The largest absolute Gasteiger partial charge is 0.304 e. The Hall–Kier alpha value is -1.33. The third-order valence-electron chi connectivity index (χ3n) is 1.43. The standard InChI is InChI=1S/C9H7ClN2/c10-8-3-1-2-7(6-8)9(12)4-5-11/h1-3,6,12H,4H2. The van der Waals surface area contributed by atoms with Crippen LogP contribution in [-0.4, -0.2) is 5.71 Å². The van der Waals surface area contributed by atoms with E-state index in [2.05, 4.69) is 0 Å². The van der Waals surface area contributed by atoms with E-state index in [4.69, 9.17) is 22.3 Å². The Morgan fingerprint density at radius 3 is 2.92 bits per heavy atom. The molecule has 1 rings (SSSR count). The first-order chi connectivity index (χ1) is 5.74. The minimum Gasteiger partial charge on any atom is -0.304 e. The minimum atomic E-state index is 0.125. The molecular formula is C9H7ClN2. The molecule has 0 unspecified atom stereocenters. The zero-order chi connectivity index (χ0) is 8.97. The van der Waals surface area contributed by atoms with E-state index in [1.54, 1.807) is 24.3 Å². The van der Waals surface area contributed by atoms with E-state index in [-0.39, 0.29) is 6.42 Å². The third kappa shape index (κ3) is 2.08. The van der Waals surface area contributed by atoms with E-state index < -0.39 is 0 Å². The fraction of sp³-hybridized carbons (Fsp3) is 0.111. The Morgan fingerprint density at radius 2 is 2.33 bits per heavy atom. The molecule has 0 aliphatic carbocycles. The molecule has 0 aromatic heterocycles. The van der Waals surface area contributed by atoms with Crippen molar-refractivity contribution in [3.8, 4) is 6.07 Å². The summed E-state index contributed by atoms with van der Waals surface area (Å²) in [5.74, 6) is 0. The fourth-order valence-electron chi connectivity index (χ4n) is 0.857. The summed E-state index contributed by atoms with van der Waals surface area (Å²) < 4.78 is 0.